The van der Waals surface area contributed by atoms with Gasteiger partial charge in [0, 0.05) is 5.39 Å². The minimum atomic E-state index is -0.519. The number of ether oxygens (including phenoxy) is 2. The van der Waals surface area contributed by atoms with Crippen LogP contribution in [0.2, 0.25) is 0 Å². The number of rotatable bonds is 7. The standard InChI is InChI=1S/C16H18N2O3/c1-3-5-8-11-21-15-12-9-6-7-10-13(12)17-18-14(15)16(19)20-4-2/h3,6-7,9-10H,1,4-5,8,11H2,2H3. The lowest BCUT2D eigenvalue weighted by Crippen LogP contribution is -2.12. The molecular weight excluding hydrogens is 268 g/mol. The summed E-state index contributed by atoms with van der Waals surface area (Å²) in [6.07, 6.45) is 3.51. The second kappa shape index (κ2) is 7.38. The number of esters is 1. The first kappa shape index (κ1) is 15.0. The molecule has 2 aromatic rings. The van der Waals surface area contributed by atoms with Crippen LogP contribution in [0.3, 0.4) is 0 Å². The highest BCUT2D eigenvalue weighted by molar-refractivity contribution is 5.97. The highest BCUT2D eigenvalue weighted by Gasteiger charge is 2.19. The Morgan fingerprint density at radius 2 is 2.14 bits per heavy atom. The number of carbonyl (C=O) groups is 1. The molecule has 0 saturated carbocycles. The first-order chi connectivity index (χ1) is 10.3. The number of hydrogen-bond acceptors (Lipinski definition) is 5. The molecule has 0 fully saturated rings. The van der Waals surface area contributed by atoms with E-state index in [0.29, 0.717) is 17.9 Å². The normalized spacial score (nSPS) is 10.3. The molecule has 21 heavy (non-hydrogen) atoms. The zero-order valence-corrected chi connectivity index (χ0v) is 12.0. The molecule has 5 heteroatoms. The number of benzene rings is 1. The predicted molar refractivity (Wildman–Crippen MR) is 80.4 cm³/mol. The zero-order chi connectivity index (χ0) is 15.1. The van der Waals surface area contributed by atoms with E-state index < -0.39 is 5.97 Å². The van der Waals surface area contributed by atoms with Gasteiger partial charge in [0.15, 0.2) is 5.75 Å². The fourth-order valence-corrected chi connectivity index (χ4v) is 1.91. The van der Waals surface area contributed by atoms with Crippen molar-refractivity contribution in [3.63, 3.8) is 0 Å². The smallest absolute Gasteiger partial charge is 0.362 e. The van der Waals surface area contributed by atoms with Gasteiger partial charge < -0.3 is 9.47 Å². The van der Waals surface area contributed by atoms with Crippen LogP contribution in [-0.2, 0) is 4.74 Å². The molecule has 5 nitrogen and oxygen atoms in total. The van der Waals surface area contributed by atoms with Crippen LogP contribution < -0.4 is 4.74 Å². The molecule has 0 aliphatic heterocycles. The average molecular weight is 286 g/mol. The Kier molecular flexibility index (Phi) is 5.26. The zero-order valence-electron chi connectivity index (χ0n) is 12.0. The summed E-state index contributed by atoms with van der Waals surface area (Å²) in [5.74, 6) is -0.0856. The topological polar surface area (TPSA) is 61.3 Å². The van der Waals surface area contributed by atoms with Crippen molar-refractivity contribution >= 4 is 16.9 Å². The molecule has 110 valence electrons. The Balaban J connectivity index is 2.37. The van der Waals surface area contributed by atoms with E-state index in [1.807, 2.05) is 30.3 Å². The minimum Gasteiger partial charge on any atom is -0.490 e. The molecule has 0 N–H and O–H groups in total. The second-order valence-corrected chi connectivity index (χ2v) is 4.39. The summed E-state index contributed by atoms with van der Waals surface area (Å²) >= 11 is 0. The maximum Gasteiger partial charge on any atom is 0.362 e. The number of aromatic nitrogens is 2. The fourth-order valence-electron chi connectivity index (χ4n) is 1.91. The lowest BCUT2D eigenvalue weighted by molar-refractivity contribution is 0.0513. The summed E-state index contributed by atoms with van der Waals surface area (Å²) in [6, 6.07) is 7.42. The van der Waals surface area contributed by atoms with E-state index in [4.69, 9.17) is 9.47 Å². The van der Waals surface area contributed by atoms with E-state index >= 15 is 0 Å². The van der Waals surface area contributed by atoms with E-state index in [2.05, 4.69) is 16.8 Å². The molecule has 0 radical (unpaired) electrons. The van der Waals surface area contributed by atoms with Gasteiger partial charge in [-0.25, -0.2) is 4.79 Å². The third kappa shape index (κ3) is 3.56. The van der Waals surface area contributed by atoms with Crippen molar-refractivity contribution in [1.29, 1.82) is 0 Å². The van der Waals surface area contributed by atoms with E-state index in [-0.39, 0.29) is 12.3 Å². The summed E-state index contributed by atoms with van der Waals surface area (Å²) in [4.78, 5) is 12.0. The van der Waals surface area contributed by atoms with Gasteiger partial charge >= 0.3 is 5.97 Å². The molecule has 1 heterocycles. The summed E-state index contributed by atoms with van der Waals surface area (Å²) in [7, 11) is 0. The van der Waals surface area contributed by atoms with Gasteiger partial charge in [-0.15, -0.1) is 16.8 Å². The van der Waals surface area contributed by atoms with Crippen molar-refractivity contribution in [3.05, 3.63) is 42.6 Å². The van der Waals surface area contributed by atoms with Gasteiger partial charge in [-0.3, -0.25) is 0 Å². The average Bonchev–Trinajstić information content (AvgIpc) is 2.51. The quantitative estimate of drug-likeness (QED) is 0.444. The van der Waals surface area contributed by atoms with Crippen LogP contribution in [0.4, 0.5) is 0 Å². The molecule has 0 spiro atoms. The lowest BCUT2D eigenvalue weighted by Gasteiger charge is -2.11. The van der Waals surface area contributed by atoms with Gasteiger partial charge in [0.2, 0.25) is 5.69 Å². The Morgan fingerprint density at radius 1 is 1.33 bits per heavy atom. The predicted octanol–water partition coefficient (Wildman–Crippen LogP) is 3.15. The Bertz CT molecular complexity index is 640. The van der Waals surface area contributed by atoms with Crippen LogP contribution in [0.1, 0.15) is 30.3 Å². The number of nitrogens with zero attached hydrogens (tertiary/aromatic N) is 2. The van der Waals surface area contributed by atoms with Crippen molar-refractivity contribution in [3.8, 4) is 5.75 Å². The molecule has 0 bridgehead atoms. The van der Waals surface area contributed by atoms with Gasteiger partial charge in [-0.1, -0.05) is 18.2 Å². The van der Waals surface area contributed by atoms with Crippen molar-refractivity contribution in [2.45, 2.75) is 19.8 Å². The van der Waals surface area contributed by atoms with Crippen LogP contribution in [0, 0.1) is 0 Å². The third-order valence-electron chi connectivity index (χ3n) is 2.89. The second-order valence-electron chi connectivity index (χ2n) is 4.39. The number of hydrogen-bond donors (Lipinski definition) is 0. The monoisotopic (exact) mass is 286 g/mol. The van der Waals surface area contributed by atoms with Crippen LogP contribution in [0.25, 0.3) is 10.9 Å². The van der Waals surface area contributed by atoms with Crippen LogP contribution >= 0.6 is 0 Å². The molecule has 1 aromatic heterocycles. The summed E-state index contributed by atoms with van der Waals surface area (Å²) < 4.78 is 10.8. The summed E-state index contributed by atoms with van der Waals surface area (Å²) in [5.41, 5.74) is 0.804. The summed E-state index contributed by atoms with van der Waals surface area (Å²) in [5, 5.41) is 8.76. The number of unbranched alkanes of at least 4 members (excludes halogenated alkanes) is 1. The fraction of sp³-hybridized carbons (Fsp3) is 0.312. The maximum atomic E-state index is 12.0. The number of allylic oxidation sites excluding steroid dienone is 1. The van der Waals surface area contributed by atoms with E-state index in [1.165, 1.54) is 0 Å². The van der Waals surface area contributed by atoms with E-state index in [9.17, 15) is 4.79 Å². The number of carbonyl (C=O) groups excluding carboxylic acids is 1. The molecule has 0 amide bonds. The Morgan fingerprint density at radius 3 is 2.90 bits per heavy atom. The van der Waals surface area contributed by atoms with Crippen LogP contribution in [-0.4, -0.2) is 29.4 Å². The first-order valence-corrected chi connectivity index (χ1v) is 6.94. The van der Waals surface area contributed by atoms with E-state index in [0.717, 1.165) is 18.2 Å². The third-order valence-corrected chi connectivity index (χ3v) is 2.89. The molecule has 0 aliphatic rings. The molecule has 0 saturated heterocycles. The van der Waals surface area contributed by atoms with Gasteiger partial charge in [0.05, 0.1) is 18.7 Å². The van der Waals surface area contributed by atoms with Crippen molar-refractivity contribution in [2.24, 2.45) is 0 Å². The van der Waals surface area contributed by atoms with Gasteiger partial charge in [0.1, 0.15) is 0 Å². The van der Waals surface area contributed by atoms with Gasteiger partial charge in [0.25, 0.3) is 0 Å². The minimum absolute atomic E-state index is 0.120. The molecule has 0 aliphatic carbocycles. The molecule has 2 rings (SSSR count). The highest BCUT2D eigenvalue weighted by atomic mass is 16.5. The molecule has 1 aromatic carbocycles. The van der Waals surface area contributed by atoms with Crippen molar-refractivity contribution in [2.75, 3.05) is 13.2 Å². The van der Waals surface area contributed by atoms with Crippen molar-refractivity contribution < 1.29 is 14.3 Å². The van der Waals surface area contributed by atoms with E-state index in [1.54, 1.807) is 6.92 Å². The largest absolute Gasteiger partial charge is 0.490 e. The molecule has 0 atom stereocenters. The SMILES string of the molecule is C=CCCCOc1c(C(=O)OCC)nnc2ccccc12. The van der Waals surface area contributed by atoms with Crippen LogP contribution in [0.5, 0.6) is 5.75 Å². The Labute approximate surface area is 123 Å². The highest BCUT2D eigenvalue weighted by Crippen LogP contribution is 2.27. The summed E-state index contributed by atoms with van der Waals surface area (Å²) in [6.45, 7) is 6.18. The first-order valence-electron chi connectivity index (χ1n) is 6.94. The van der Waals surface area contributed by atoms with Crippen molar-refractivity contribution in [1.82, 2.24) is 10.2 Å². The van der Waals surface area contributed by atoms with Gasteiger partial charge in [-0.05, 0) is 31.9 Å². The maximum absolute atomic E-state index is 12.0. The lowest BCUT2D eigenvalue weighted by atomic mass is 10.2. The Hall–Kier alpha value is -2.43. The molecule has 0 unspecified atom stereocenters. The van der Waals surface area contributed by atoms with Crippen LogP contribution in [0.15, 0.2) is 36.9 Å². The molecular formula is C16H18N2O3. The number of fused-ring (bicyclic) bond motifs is 1. The van der Waals surface area contributed by atoms with Gasteiger partial charge in [-0.2, -0.15) is 0 Å².